The standard InChI is InChI=1S/C18H25N3O4/c1-18(2,16(23)24)20(3)15(22)13-8-7-11-21(12-13)17(25)19-14-9-5-4-6-10-14/h4-6,9-10,13H,7-8,11-12H2,1-3H3,(H,19,25)(H,23,24). The number of para-hydroxylation sites is 1. The van der Waals surface area contributed by atoms with Gasteiger partial charge in [0.25, 0.3) is 0 Å². The van der Waals surface area contributed by atoms with Crippen LogP contribution in [0.15, 0.2) is 30.3 Å². The van der Waals surface area contributed by atoms with E-state index in [1.165, 1.54) is 25.8 Å². The van der Waals surface area contributed by atoms with Gasteiger partial charge in [-0.1, -0.05) is 18.2 Å². The van der Waals surface area contributed by atoms with E-state index < -0.39 is 11.5 Å². The highest BCUT2D eigenvalue weighted by atomic mass is 16.4. The third-order valence-corrected chi connectivity index (χ3v) is 4.78. The van der Waals surface area contributed by atoms with Gasteiger partial charge in [0.2, 0.25) is 5.91 Å². The summed E-state index contributed by atoms with van der Waals surface area (Å²) in [4.78, 5) is 39.3. The summed E-state index contributed by atoms with van der Waals surface area (Å²) in [5.41, 5.74) is -0.587. The van der Waals surface area contributed by atoms with E-state index in [0.29, 0.717) is 25.1 Å². The molecule has 7 heteroatoms. The van der Waals surface area contributed by atoms with Crippen molar-refractivity contribution in [1.82, 2.24) is 9.80 Å². The Morgan fingerprint density at radius 2 is 1.88 bits per heavy atom. The largest absolute Gasteiger partial charge is 0.480 e. The summed E-state index contributed by atoms with van der Waals surface area (Å²) in [5.74, 6) is -1.69. The van der Waals surface area contributed by atoms with E-state index >= 15 is 0 Å². The molecule has 1 heterocycles. The number of likely N-dealkylation sites (tertiary alicyclic amines) is 1. The van der Waals surface area contributed by atoms with E-state index in [1.807, 2.05) is 18.2 Å². The lowest BCUT2D eigenvalue weighted by Gasteiger charge is -2.38. The third kappa shape index (κ3) is 4.29. The molecule has 1 aromatic rings. The first-order valence-electron chi connectivity index (χ1n) is 8.35. The van der Waals surface area contributed by atoms with Crippen LogP contribution in [0.25, 0.3) is 0 Å². The van der Waals surface area contributed by atoms with Gasteiger partial charge in [-0.15, -0.1) is 0 Å². The van der Waals surface area contributed by atoms with Crippen molar-refractivity contribution in [3.8, 4) is 0 Å². The van der Waals surface area contributed by atoms with E-state index in [-0.39, 0.29) is 24.4 Å². The van der Waals surface area contributed by atoms with Gasteiger partial charge in [-0.2, -0.15) is 0 Å². The van der Waals surface area contributed by atoms with Gasteiger partial charge >= 0.3 is 12.0 Å². The van der Waals surface area contributed by atoms with Gasteiger partial charge in [0.1, 0.15) is 5.54 Å². The van der Waals surface area contributed by atoms with Crippen molar-refractivity contribution in [3.05, 3.63) is 30.3 Å². The van der Waals surface area contributed by atoms with E-state index in [0.717, 1.165) is 0 Å². The summed E-state index contributed by atoms with van der Waals surface area (Å²) in [7, 11) is 1.50. The fourth-order valence-electron chi connectivity index (χ4n) is 2.78. The molecular weight excluding hydrogens is 322 g/mol. The Kier molecular flexibility index (Phi) is 5.66. The lowest BCUT2D eigenvalue weighted by molar-refractivity contribution is -0.157. The highest BCUT2D eigenvalue weighted by molar-refractivity contribution is 5.91. The summed E-state index contributed by atoms with van der Waals surface area (Å²) in [5, 5.41) is 12.1. The van der Waals surface area contributed by atoms with Crippen LogP contribution in [0.2, 0.25) is 0 Å². The van der Waals surface area contributed by atoms with Gasteiger partial charge in [0.15, 0.2) is 0 Å². The number of carboxylic acids is 1. The van der Waals surface area contributed by atoms with Crippen LogP contribution in [0.3, 0.4) is 0 Å². The van der Waals surface area contributed by atoms with Crippen LogP contribution in [-0.4, -0.2) is 58.5 Å². The molecule has 1 aliphatic heterocycles. The SMILES string of the molecule is CN(C(=O)C1CCCN(C(=O)Nc2ccccc2)C1)C(C)(C)C(=O)O. The summed E-state index contributed by atoms with van der Waals surface area (Å²) >= 11 is 0. The number of urea groups is 1. The Balaban J connectivity index is 2.01. The molecule has 1 fully saturated rings. The second-order valence-electron chi connectivity index (χ2n) is 6.84. The number of hydrogen-bond acceptors (Lipinski definition) is 3. The van der Waals surface area contributed by atoms with Crippen molar-refractivity contribution in [2.45, 2.75) is 32.2 Å². The van der Waals surface area contributed by atoms with Crippen molar-refractivity contribution in [2.75, 3.05) is 25.5 Å². The van der Waals surface area contributed by atoms with Crippen molar-refractivity contribution >= 4 is 23.6 Å². The maximum absolute atomic E-state index is 12.7. The Morgan fingerprint density at radius 1 is 1.24 bits per heavy atom. The van der Waals surface area contributed by atoms with Crippen LogP contribution in [0.1, 0.15) is 26.7 Å². The molecule has 136 valence electrons. The average Bonchev–Trinajstić information content (AvgIpc) is 2.61. The predicted octanol–water partition coefficient (Wildman–Crippen LogP) is 2.25. The molecule has 0 radical (unpaired) electrons. The highest BCUT2D eigenvalue weighted by Crippen LogP contribution is 2.23. The second-order valence-corrected chi connectivity index (χ2v) is 6.84. The zero-order valence-electron chi connectivity index (χ0n) is 14.9. The number of carbonyl (C=O) groups is 3. The van der Waals surface area contributed by atoms with Gasteiger partial charge in [-0.25, -0.2) is 9.59 Å². The Labute approximate surface area is 147 Å². The fraction of sp³-hybridized carbons (Fsp3) is 0.500. The molecule has 1 saturated heterocycles. The number of nitrogens with one attached hydrogen (secondary N) is 1. The summed E-state index contributed by atoms with van der Waals surface area (Å²) in [6.45, 7) is 3.86. The number of amides is 3. The summed E-state index contributed by atoms with van der Waals surface area (Å²) in [6, 6.07) is 8.89. The molecule has 0 aromatic heterocycles. The number of benzene rings is 1. The predicted molar refractivity (Wildman–Crippen MR) is 94.2 cm³/mol. The lowest BCUT2D eigenvalue weighted by Crippen LogP contribution is -2.55. The minimum atomic E-state index is -1.29. The Morgan fingerprint density at radius 3 is 2.48 bits per heavy atom. The highest BCUT2D eigenvalue weighted by Gasteiger charge is 2.39. The number of aliphatic carboxylic acids is 1. The Hall–Kier alpha value is -2.57. The normalized spacial score (nSPS) is 17.7. The number of piperidine rings is 1. The molecule has 2 rings (SSSR count). The van der Waals surface area contributed by atoms with Gasteiger partial charge in [0, 0.05) is 25.8 Å². The molecule has 7 nitrogen and oxygen atoms in total. The number of hydrogen-bond donors (Lipinski definition) is 2. The minimum Gasteiger partial charge on any atom is -0.480 e. The number of likely N-dealkylation sites (N-methyl/N-ethyl adjacent to an activating group) is 1. The zero-order valence-corrected chi connectivity index (χ0v) is 14.9. The van der Waals surface area contributed by atoms with Crippen LogP contribution in [0.5, 0.6) is 0 Å². The van der Waals surface area contributed by atoms with Gasteiger partial charge in [0.05, 0.1) is 5.92 Å². The van der Waals surface area contributed by atoms with Gasteiger partial charge in [-0.3, -0.25) is 4.79 Å². The Bertz CT molecular complexity index is 645. The lowest BCUT2D eigenvalue weighted by atomic mass is 9.94. The molecule has 0 spiro atoms. The van der Waals surface area contributed by atoms with E-state index in [1.54, 1.807) is 17.0 Å². The molecule has 0 bridgehead atoms. The summed E-state index contributed by atoms with van der Waals surface area (Å²) in [6.07, 6.45) is 1.36. The van der Waals surface area contributed by atoms with Crippen molar-refractivity contribution in [2.24, 2.45) is 5.92 Å². The molecule has 1 aliphatic rings. The van der Waals surface area contributed by atoms with Crippen LogP contribution >= 0.6 is 0 Å². The molecule has 1 aromatic carbocycles. The average molecular weight is 347 g/mol. The molecule has 25 heavy (non-hydrogen) atoms. The number of carbonyl (C=O) groups excluding carboxylic acids is 2. The van der Waals surface area contributed by atoms with Crippen LogP contribution < -0.4 is 5.32 Å². The van der Waals surface area contributed by atoms with E-state index in [4.69, 9.17) is 0 Å². The molecule has 3 amide bonds. The second kappa shape index (κ2) is 7.55. The first-order chi connectivity index (χ1) is 11.7. The number of carboxylic acid groups (broad SMARTS) is 1. The zero-order chi connectivity index (χ0) is 18.6. The molecule has 0 saturated carbocycles. The number of nitrogens with zero attached hydrogens (tertiary/aromatic N) is 2. The first kappa shape index (κ1) is 18.8. The maximum Gasteiger partial charge on any atom is 0.329 e. The molecular formula is C18H25N3O4. The molecule has 1 atom stereocenters. The van der Waals surface area contributed by atoms with Crippen molar-refractivity contribution < 1.29 is 19.5 Å². The van der Waals surface area contributed by atoms with Crippen LogP contribution in [0.4, 0.5) is 10.5 Å². The van der Waals surface area contributed by atoms with Gasteiger partial charge in [-0.05, 0) is 38.8 Å². The number of anilines is 1. The molecule has 1 unspecified atom stereocenters. The van der Waals surface area contributed by atoms with Crippen LogP contribution in [-0.2, 0) is 9.59 Å². The fourth-order valence-corrected chi connectivity index (χ4v) is 2.78. The minimum absolute atomic E-state index is 0.246. The van der Waals surface area contributed by atoms with E-state index in [9.17, 15) is 19.5 Å². The third-order valence-electron chi connectivity index (χ3n) is 4.78. The maximum atomic E-state index is 12.7. The van der Waals surface area contributed by atoms with E-state index in [2.05, 4.69) is 5.32 Å². The smallest absolute Gasteiger partial charge is 0.329 e. The quantitative estimate of drug-likeness (QED) is 0.874. The topological polar surface area (TPSA) is 90.0 Å². The monoisotopic (exact) mass is 347 g/mol. The first-order valence-corrected chi connectivity index (χ1v) is 8.35. The molecule has 2 N–H and O–H groups in total. The van der Waals surface area contributed by atoms with Crippen molar-refractivity contribution in [3.63, 3.8) is 0 Å². The number of rotatable bonds is 4. The van der Waals surface area contributed by atoms with Crippen molar-refractivity contribution in [1.29, 1.82) is 0 Å². The van der Waals surface area contributed by atoms with Gasteiger partial charge < -0.3 is 20.2 Å². The van der Waals surface area contributed by atoms with Crippen LogP contribution in [0, 0.1) is 5.92 Å². The summed E-state index contributed by atoms with van der Waals surface area (Å²) < 4.78 is 0. The molecule has 0 aliphatic carbocycles.